The molecule has 1 aromatic carbocycles. The summed E-state index contributed by atoms with van der Waals surface area (Å²) in [6.07, 6.45) is 2.40. The highest BCUT2D eigenvalue weighted by atomic mass is 19.1. The van der Waals surface area contributed by atoms with Crippen LogP contribution in [0.5, 0.6) is 5.75 Å². The van der Waals surface area contributed by atoms with Gasteiger partial charge in [0.15, 0.2) is 17.5 Å². The molecule has 4 nitrogen and oxygen atoms in total. The van der Waals surface area contributed by atoms with Gasteiger partial charge in [0.1, 0.15) is 0 Å². The predicted octanol–water partition coefficient (Wildman–Crippen LogP) is 3.25. The normalized spacial score (nSPS) is 16.3. The molecule has 0 amide bonds. The summed E-state index contributed by atoms with van der Waals surface area (Å²) in [6, 6.07) is 5.12. The van der Waals surface area contributed by atoms with Crippen molar-refractivity contribution >= 4 is 5.96 Å². The lowest BCUT2D eigenvalue weighted by atomic mass is 10.1. The van der Waals surface area contributed by atoms with E-state index in [0.29, 0.717) is 24.8 Å². The molecule has 0 bridgehead atoms. The van der Waals surface area contributed by atoms with Crippen molar-refractivity contribution in [3.63, 3.8) is 0 Å². The SMILES string of the molecule is CCN=C(NCC)NC(C)c1ccc(OCC2CC2)c(F)c1. The smallest absolute Gasteiger partial charge is 0.191 e. The van der Waals surface area contributed by atoms with Gasteiger partial charge in [0.25, 0.3) is 0 Å². The van der Waals surface area contributed by atoms with Crippen molar-refractivity contribution in [2.24, 2.45) is 10.9 Å². The Kier molecular flexibility index (Phi) is 6.04. The molecule has 1 aromatic rings. The summed E-state index contributed by atoms with van der Waals surface area (Å²) in [5.41, 5.74) is 0.873. The van der Waals surface area contributed by atoms with Crippen LogP contribution < -0.4 is 15.4 Å². The molecule has 0 saturated heterocycles. The van der Waals surface area contributed by atoms with Crippen LogP contribution in [-0.4, -0.2) is 25.7 Å². The van der Waals surface area contributed by atoms with Crippen LogP contribution in [0.4, 0.5) is 4.39 Å². The highest BCUT2D eigenvalue weighted by molar-refractivity contribution is 5.80. The zero-order chi connectivity index (χ0) is 15.9. The minimum absolute atomic E-state index is 0.0312. The van der Waals surface area contributed by atoms with E-state index in [1.807, 2.05) is 26.8 Å². The minimum atomic E-state index is -0.302. The van der Waals surface area contributed by atoms with E-state index in [0.717, 1.165) is 18.1 Å². The summed E-state index contributed by atoms with van der Waals surface area (Å²) in [4.78, 5) is 4.35. The summed E-state index contributed by atoms with van der Waals surface area (Å²) in [7, 11) is 0. The van der Waals surface area contributed by atoms with Gasteiger partial charge < -0.3 is 15.4 Å². The van der Waals surface area contributed by atoms with E-state index in [4.69, 9.17) is 4.74 Å². The van der Waals surface area contributed by atoms with Gasteiger partial charge in [-0.15, -0.1) is 0 Å². The molecule has 1 aliphatic rings. The van der Waals surface area contributed by atoms with Crippen molar-refractivity contribution < 1.29 is 9.13 Å². The molecule has 1 aliphatic carbocycles. The Morgan fingerprint density at radius 2 is 2.18 bits per heavy atom. The number of nitrogens with one attached hydrogen (secondary N) is 2. The van der Waals surface area contributed by atoms with E-state index in [-0.39, 0.29) is 11.9 Å². The van der Waals surface area contributed by atoms with Crippen molar-refractivity contribution in [1.82, 2.24) is 10.6 Å². The van der Waals surface area contributed by atoms with Crippen LogP contribution in [0.1, 0.15) is 45.2 Å². The summed E-state index contributed by atoms with van der Waals surface area (Å²) < 4.78 is 19.6. The number of halogens is 1. The monoisotopic (exact) mass is 307 g/mol. The molecule has 1 saturated carbocycles. The average Bonchev–Trinajstić information content (AvgIpc) is 3.30. The number of benzene rings is 1. The largest absolute Gasteiger partial charge is 0.490 e. The Balaban J connectivity index is 1.97. The van der Waals surface area contributed by atoms with Crippen LogP contribution in [0, 0.1) is 11.7 Å². The van der Waals surface area contributed by atoms with Crippen molar-refractivity contribution in [2.75, 3.05) is 19.7 Å². The second-order valence-electron chi connectivity index (χ2n) is 5.66. The molecular formula is C17H26FN3O. The first-order valence-corrected chi connectivity index (χ1v) is 8.11. The van der Waals surface area contributed by atoms with Crippen molar-refractivity contribution in [2.45, 2.75) is 39.7 Å². The first kappa shape index (κ1) is 16.6. The van der Waals surface area contributed by atoms with Gasteiger partial charge in [-0.2, -0.15) is 0 Å². The molecule has 0 heterocycles. The van der Waals surface area contributed by atoms with Crippen LogP contribution in [0.25, 0.3) is 0 Å². The van der Waals surface area contributed by atoms with Gasteiger partial charge in [-0.05, 0) is 57.2 Å². The zero-order valence-corrected chi connectivity index (χ0v) is 13.7. The molecule has 122 valence electrons. The van der Waals surface area contributed by atoms with Crippen LogP contribution >= 0.6 is 0 Å². The summed E-state index contributed by atoms with van der Waals surface area (Å²) in [5.74, 6) is 1.40. The Morgan fingerprint density at radius 1 is 1.41 bits per heavy atom. The minimum Gasteiger partial charge on any atom is -0.490 e. The fourth-order valence-corrected chi connectivity index (χ4v) is 2.16. The maximum Gasteiger partial charge on any atom is 0.191 e. The lowest BCUT2D eigenvalue weighted by Gasteiger charge is -2.18. The van der Waals surface area contributed by atoms with Gasteiger partial charge in [-0.1, -0.05) is 6.07 Å². The van der Waals surface area contributed by atoms with Crippen LogP contribution in [-0.2, 0) is 0 Å². The molecule has 0 aromatic heterocycles. The van der Waals surface area contributed by atoms with Crippen LogP contribution in [0.2, 0.25) is 0 Å². The number of aliphatic imine (C=N–C) groups is 1. The number of ether oxygens (including phenoxy) is 1. The summed E-state index contributed by atoms with van der Waals surface area (Å²) >= 11 is 0. The molecule has 1 fully saturated rings. The fourth-order valence-electron chi connectivity index (χ4n) is 2.16. The lowest BCUT2D eigenvalue weighted by molar-refractivity contribution is 0.285. The molecule has 0 spiro atoms. The van der Waals surface area contributed by atoms with E-state index in [1.54, 1.807) is 6.07 Å². The second-order valence-corrected chi connectivity index (χ2v) is 5.66. The molecule has 1 unspecified atom stereocenters. The summed E-state index contributed by atoms with van der Waals surface area (Å²) in [5, 5.41) is 6.44. The molecule has 2 N–H and O–H groups in total. The Morgan fingerprint density at radius 3 is 2.77 bits per heavy atom. The van der Waals surface area contributed by atoms with Crippen LogP contribution in [0.3, 0.4) is 0 Å². The molecule has 1 atom stereocenters. The first-order valence-electron chi connectivity index (χ1n) is 8.11. The number of nitrogens with zero attached hydrogens (tertiary/aromatic N) is 1. The van der Waals surface area contributed by atoms with Gasteiger partial charge >= 0.3 is 0 Å². The standard InChI is InChI=1S/C17H26FN3O/c1-4-19-17(20-5-2)21-12(3)14-8-9-16(15(18)10-14)22-11-13-6-7-13/h8-10,12-13H,4-7,11H2,1-3H3,(H2,19,20,21). The third-order valence-electron chi connectivity index (χ3n) is 3.64. The van der Waals surface area contributed by atoms with Gasteiger partial charge in [0, 0.05) is 13.1 Å². The van der Waals surface area contributed by atoms with E-state index >= 15 is 0 Å². The number of rotatable bonds is 7. The highest BCUT2D eigenvalue weighted by Gasteiger charge is 2.22. The molecule has 0 radical (unpaired) electrons. The lowest BCUT2D eigenvalue weighted by Crippen LogP contribution is -2.38. The van der Waals surface area contributed by atoms with Gasteiger partial charge in [-0.25, -0.2) is 4.39 Å². The maximum atomic E-state index is 14.1. The van der Waals surface area contributed by atoms with E-state index in [9.17, 15) is 4.39 Å². The highest BCUT2D eigenvalue weighted by Crippen LogP contribution is 2.30. The average molecular weight is 307 g/mol. The molecule has 2 rings (SSSR count). The number of hydrogen-bond acceptors (Lipinski definition) is 2. The third kappa shape index (κ3) is 4.90. The van der Waals surface area contributed by atoms with Gasteiger partial charge in [0.05, 0.1) is 12.6 Å². The number of guanidine groups is 1. The first-order chi connectivity index (χ1) is 10.6. The Hall–Kier alpha value is -1.78. The van der Waals surface area contributed by atoms with Crippen molar-refractivity contribution in [3.05, 3.63) is 29.6 Å². The van der Waals surface area contributed by atoms with Gasteiger partial charge in [0.2, 0.25) is 0 Å². The molecule has 22 heavy (non-hydrogen) atoms. The maximum absolute atomic E-state index is 14.1. The predicted molar refractivity (Wildman–Crippen MR) is 87.8 cm³/mol. The fraction of sp³-hybridized carbons (Fsp3) is 0.588. The topological polar surface area (TPSA) is 45.7 Å². The van der Waals surface area contributed by atoms with Gasteiger partial charge in [-0.3, -0.25) is 4.99 Å². The third-order valence-corrected chi connectivity index (χ3v) is 3.64. The molecule has 0 aliphatic heterocycles. The molecule has 5 heteroatoms. The molecular weight excluding hydrogens is 281 g/mol. The van der Waals surface area contributed by atoms with Crippen molar-refractivity contribution in [1.29, 1.82) is 0 Å². The van der Waals surface area contributed by atoms with Crippen LogP contribution in [0.15, 0.2) is 23.2 Å². The van der Waals surface area contributed by atoms with E-state index in [2.05, 4.69) is 15.6 Å². The number of hydrogen-bond donors (Lipinski definition) is 2. The van der Waals surface area contributed by atoms with Crippen molar-refractivity contribution in [3.8, 4) is 5.75 Å². The second kappa shape index (κ2) is 8.01. The summed E-state index contributed by atoms with van der Waals surface area (Å²) in [6.45, 7) is 8.10. The van der Waals surface area contributed by atoms with E-state index in [1.165, 1.54) is 18.9 Å². The Labute approximate surface area is 132 Å². The van der Waals surface area contributed by atoms with E-state index < -0.39 is 0 Å². The zero-order valence-electron chi connectivity index (χ0n) is 13.7. The Bertz CT molecular complexity index is 515. The quantitative estimate of drug-likeness (QED) is 0.600.